The van der Waals surface area contributed by atoms with Crippen LogP contribution in [0.4, 0.5) is 4.39 Å². The number of halogens is 2. The van der Waals surface area contributed by atoms with E-state index >= 15 is 0 Å². The molecule has 150 valence electrons. The summed E-state index contributed by atoms with van der Waals surface area (Å²) in [6.45, 7) is 3.28. The van der Waals surface area contributed by atoms with Crippen molar-refractivity contribution in [1.29, 1.82) is 0 Å². The topological polar surface area (TPSA) is 80.8 Å². The van der Waals surface area contributed by atoms with Crippen molar-refractivity contribution in [2.75, 3.05) is 19.6 Å². The molecule has 0 spiro atoms. The molecule has 1 amide bonds. The van der Waals surface area contributed by atoms with Crippen LogP contribution in [0.25, 0.3) is 0 Å². The zero-order valence-electron chi connectivity index (χ0n) is 15.7. The molecule has 4 aliphatic heterocycles. The molecule has 1 unspecified atom stereocenters. The van der Waals surface area contributed by atoms with Gasteiger partial charge in [-0.1, -0.05) is 11.6 Å². The number of carbonyl (C=O) groups is 1. The Morgan fingerprint density at radius 1 is 1.32 bits per heavy atom. The van der Waals surface area contributed by atoms with Gasteiger partial charge in [-0.2, -0.15) is 0 Å². The highest BCUT2D eigenvalue weighted by Crippen LogP contribution is 2.27. The van der Waals surface area contributed by atoms with Crippen LogP contribution >= 0.6 is 11.6 Å². The van der Waals surface area contributed by atoms with E-state index in [0.29, 0.717) is 10.9 Å². The Kier molecular flexibility index (Phi) is 5.30. The molecule has 4 rings (SSSR count). The minimum absolute atomic E-state index is 0.0120. The summed E-state index contributed by atoms with van der Waals surface area (Å²) >= 11 is 6.10. The van der Waals surface area contributed by atoms with Gasteiger partial charge in [-0.3, -0.25) is 4.79 Å². The lowest BCUT2D eigenvalue weighted by Crippen LogP contribution is -2.47. The molecule has 1 saturated heterocycles. The first-order valence-electron chi connectivity index (χ1n) is 9.60. The van der Waals surface area contributed by atoms with E-state index in [4.69, 9.17) is 11.6 Å². The third kappa shape index (κ3) is 3.73. The van der Waals surface area contributed by atoms with Crippen LogP contribution in [0.2, 0.25) is 0 Å². The zero-order chi connectivity index (χ0) is 19.7. The SMILES string of the molecule is C[C@@H](NC1=C(F)CNC(C2=CNC3NC=C(Cl)C=C23)=N1)C(=O)N1CCCCC1. The molecule has 7 nitrogen and oxygen atoms in total. The minimum Gasteiger partial charge on any atom is -0.367 e. The number of likely N-dealkylation sites (tertiary alicyclic amines) is 1. The second-order valence-electron chi connectivity index (χ2n) is 7.27. The van der Waals surface area contributed by atoms with Gasteiger partial charge < -0.3 is 26.2 Å². The summed E-state index contributed by atoms with van der Waals surface area (Å²) in [4.78, 5) is 18.9. The summed E-state index contributed by atoms with van der Waals surface area (Å²) in [7, 11) is 0. The average Bonchev–Trinajstić information content (AvgIpc) is 3.12. The van der Waals surface area contributed by atoms with E-state index in [1.54, 1.807) is 13.1 Å². The van der Waals surface area contributed by atoms with Gasteiger partial charge in [0.1, 0.15) is 18.0 Å². The predicted octanol–water partition coefficient (Wildman–Crippen LogP) is 1.54. The molecule has 2 atom stereocenters. The Hall–Kier alpha value is -2.48. The number of carbonyl (C=O) groups excluding carboxylic acids is 1. The van der Waals surface area contributed by atoms with Gasteiger partial charge >= 0.3 is 0 Å². The summed E-state index contributed by atoms with van der Waals surface area (Å²) < 4.78 is 14.4. The third-order valence-electron chi connectivity index (χ3n) is 5.24. The fraction of sp³-hybridized carbons (Fsp3) is 0.474. The minimum atomic E-state index is -0.543. The number of amides is 1. The summed E-state index contributed by atoms with van der Waals surface area (Å²) in [6.07, 6.45) is 8.49. The van der Waals surface area contributed by atoms with E-state index in [2.05, 4.69) is 26.3 Å². The van der Waals surface area contributed by atoms with Crippen molar-refractivity contribution in [3.63, 3.8) is 0 Å². The highest BCUT2D eigenvalue weighted by Gasteiger charge is 2.30. The molecular formula is C19H24ClFN6O. The van der Waals surface area contributed by atoms with Crippen LogP contribution in [0.1, 0.15) is 26.2 Å². The van der Waals surface area contributed by atoms with Gasteiger partial charge in [0.05, 0.1) is 11.6 Å². The quantitative estimate of drug-likeness (QED) is 0.569. The third-order valence-corrected chi connectivity index (χ3v) is 5.45. The van der Waals surface area contributed by atoms with Crippen LogP contribution in [-0.4, -0.2) is 48.5 Å². The van der Waals surface area contributed by atoms with Crippen LogP contribution in [0.3, 0.4) is 0 Å². The molecule has 4 heterocycles. The van der Waals surface area contributed by atoms with Gasteiger partial charge in [-0.25, -0.2) is 9.38 Å². The Morgan fingerprint density at radius 2 is 2.07 bits per heavy atom. The molecule has 0 aliphatic carbocycles. The molecule has 4 aliphatic rings. The number of amidine groups is 1. The van der Waals surface area contributed by atoms with Gasteiger partial charge in [-0.15, -0.1) is 0 Å². The fourth-order valence-electron chi connectivity index (χ4n) is 3.73. The van der Waals surface area contributed by atoms with Crippen molar-refractivity contribution >= 4 is 23.3 Å². The Bertz CT molecular complexity index is 824. The van der Waals surface area contributed by atoms with E-state index in [1.807, 2.05) is 17.2 Å². The molecule has 0 aromatic heterocycles. The maximum atomic E-state index is 14.4. The lowest BCUT2D eigenvalue weighted by molar-refractivity contribution is -0.133. The fourth-order valence-corrected chi connectivity index (χ4v) is 3.91. The number of fused-ring (bicyclic) bond motifs is 1. The highest BCUT2D eigenvalue weighted by molar-refractivity contribution is 6.31. The molecule has 0 bridgehead atoms. The van der Waals surface area contributed by atoms with Gasteiger partial charge in [0.25, 0.3) is 0 Å². The summed E-state index contributed by atoms with van der Waals surface area (Å²) in [6, 6.07) is -0.543. The van der Waals surface area contributed by atoms with Gasteiger partial charge in [0.15, 0.2) is 11.6 Å². The second kappa shape index (κ2) is 7.87. The maximum Gasteiger partial charge on any atom is 0.244 e. The number of hydrogen-bond acceptors (Lipinski definition) is 6. The predicted molar refractivity (Wildman–Crippen MR) is 107 cm³/mol. The number of allylic oxidation sites excluding steroid dienone is 2. The maximum absolute atomic E-state index is 14.4. The first kappa shape index (κ1) is 18.9. The number of nitrogens with zero attached hydrogens (tertiary/aromatic N) is 2. The van der Waals surface area contributed by atoms with Gasteiger partial charge in [0, 0.05) is 36.6 Å². The van der Waals surface area contributed by atoms with Crippen LogP contribution in [-0.2, 0) is 4.79 Å². The van der Waals surface area contributed by atoms with Crippen LogP contribution < -0.4 is 21.3 Å². The molecule has 0 aromatic carbocycles. The molecule has 4 N–H and O–H groups in total. The summed E-state index contributed by atoms with van der Waals surface area (Å²) in [5.74, 6) is 0.199. The first-order valence-corrected chi connectivity index (χ1v) is 9.97. The molecule has 1 fully saturated rings. The van der Waals surface area contributed by atoms with E-state index in [1.165, 1.54) is 0 Å². The largest absolute Gasteiger partial charge is 0.367 e. The molecule has 28 heavy (non-hydrogen) atoms. The zero-order valence-corrected chi connectivity index (χ0v) is 16.4. The van der Waals surface area contributed by atoms with Crippen LogP contribution in [0.5, 0.6) is 0 Å². The monoisotopic (exact) mass is 406 g/mol. The summed E-state index contributed by atoms with van der Waals surface area (Å²) in [5, 5.41) is 12.9. The number of aliphatic imine (C=N–C) groups is 1. The normalized spacial score (nSPS) is 25.2. The number of rotatable bonds is 4. The Balaban J connectivity index is 1.49. The number of piperidine rings is 1. The lowest BCUT2D eigenvalue weighted by Gasteiger charge is -2.30. The Morgan fingerprint density at radius 3 is 2.86 bits per heavy atom. The van der Waals surface area contributed by atoms with Gasteiger partial charge in [-0.05, 0) is 32.3 Å². The van der Waals surface area contributed by atoms with Crippen LogP contribution in [0, 0.1) is 0 Å². The van der Waals surface area contributed by atoms with E-state index < -0.39 is 11.9 Å². The number of dihydropyridines is 1. The van der Waals surface area contributed by atoms with Crippen molar-refractivity contribution < 1.29 is 9.18 Å². The highest BCUT2D eigenvalue weighted by atomic mass is 35.5. The lowest BCUT2D eigenvalue weighted by atomic mass is 10.0. The summed E-state index contributed by atoms with van der Waals surface area (Å²) in [5.41, 5.74) is 1.74. The van der Waals surface area contributed by atoms with Crippen molar-refractivity contribution in [3.8, 4) is 0 Å². The standard InChI is InChI=1S/C19H24ClFN6O/c1-11(19(28)27-5-3-2-4-6-27)25-18-15(21)10-24-17(26-18)14-9-23-16-13(14)7-12(20)8-22-16/h7-9,11,16,22-23,25H,2-6,10H2,1H3,(H,24,26)/t11-,16?/m1/s1. The van der Waals surface area contributed by atoms with Gasteiger partial charge in [0.2, 0.25) is 5.91 Å². The molecule has 0 radical (unpaired) electrons. The van der Waals surface area contributed by atoms with E-state index in [-0.39, 0.29) is 24.4 Å². The smallest absolute Gasteiger partial charge is 0.244 e. The molecule has 0 saturated carbocycles. The Labute approximate surface area is 168 Å². The average molecular weight is 407 g/mol. The molecular weight excluding hydrogens is 383 g/mol. The van der Waals surface area contributed by atoms with E-state index in [9.17, 15) is 9.18 Å². The van der Waals surface area contributed by atoms with Crippen molar-refractivity contribution in [2.45, 2.75) is 38.4 Å². The number of hydrogen-bond donors (Lipinski definition) is 4. The van der Waals surface area contributed by atoms with Crippen molar-refractivity contribution in [1.82, 2.24) is 26.2 Å². The second-order valence-corrected chi connectivity index (χ2v) is 7.71. The first-order chi connectivity index (χ1) is 13.5. The van der Waals surface area contributed by atoms with Crippen molar-refractivity contribution in [2.24, 2.45) is 4.99 Å². The van der Waals surface area contributed by atoms with Crippen molar-refractivity contribution in [3.05, 3.63) is 46.3 Å². The molecule has 9 heteroatoms. The molecule has 0 aromatic rings. The van der Waals surface area contributed by atoms with Crippen LogP contribution in [0.15, 0.2) is 51.3 Å². The number of nitrogens with one attached hydrogen (secondary N) is 4. The van der Waals surface area contributed by atoms with E-state index in [0.717, 1.165) is 43.5 Å².